The van der Waals surface area contributed by atoms with Gasteiger partial charge in [0.25, 0.3) is 0 Å². The Morgan fingerprint density at radius 3 is 2.47 bits per heavy atom. The third kappa shape index (κ3) is 4.30. The monoisotopic (exact) mass is 488 g/mol. The summed E-state index contributed by atoms with van der Waals surface area (Å²) in [5.74, 6) is -0.0182. The molecule has 36 heavy (non-hydrogen) atoms. The van der Waals surface area contributed by atoms with Gasteiger partial charge < -0.3 is 14.5 Å². The molecular weight excluding hydrogens is 460 g/mol. The molecule has 2 aromatic carbocycles. The standard InChI is InChI=1S/C26H28N6O4/c1-3-36-25(34)18-13-15-30(16-14-18)23-24-28-31(17-22(33)29(2)19-9-5-4-6-10-19)26(35)32(24)21-12-8-7-11-20(21)27-23/h4-12,18H,3,13-17H2,1-2H3. The van der Waals surface area contributed by atoms with Crippen molar-refractivity contribution in [3.8, 4) is 0 Å². The van der Waals surface area contributed by atoms with Crippen molar-refractivity contribution in [3.05, 3.63) is 65.1 Å². The third-order valence-electron chi connectivity index (χ3n) is 6.61. The van der Waals surface area contributed by atoms with E-state index in [1.54, 1.807) is 14.0 Å². The van der Waals surface area contributed by atoms with E-state index < -0.39 is 5.69 Å². The van der Waals surface area contributed by atoms with Gasteiger partial charge in [-0.2, -0.15) is 0 Å². The Morgan fingerprint density at radius 2 is 1.75 bits per heavy atom. The van der Waals surface area contributed by atoms with Gasteiger partial charge >= 0.3 is 11.7 Å². The summed E-state index contributed by atoms with van der Waals surface area (Å²) in [6.07, 6.45) is 1.26. The van der Waals surface area contributed by atoms with Crippen LogP contribution in [0.15, 0.2) is 59.4 Å². The normalized spacial score (nSPS) is 14.3. The zero-order valence-corrected chi connectivity index (χ0v) is 20.3. The highest BCUT2D eigenvalue weighted by molar-refractivity contribution is 5.92. The highest BCUT2D eigenvalue weighted by Crippen LogP contribution is 2.27. The van der Waals surface area contributed by atoms with Gasteiger partial charge in [-0.05, 0) is 44.0 Å². The van der Waals surface area contributed by atoms with Crippen LogP contribution >= 0.6 is 0 Å². The first-order valence-corrected chi connectivity index (χ1v) is 12.1. The molecule has 0 aliphatic carbocycles. The molecule has 4 aromatic rings. The molecule has 2 aromatic heterocycles. The highest BCUT2D eigenvalue weighted by atomic mass is 16.5. The van der Waals surface area contributed by atoms with Crippen LogP contribution in [0, 0.1) is 5.92 Å². The molecule has 0 unspecified atom stereocenters. The molecular formula is C26H28N6O4. The van der Waals surface area contributed by atoms with Crippen LogP contribution in [-0.4, -0.2) is 57.8 Å². The molecule has 0 spiro atoms. The zero-order chi connectivity index (χ0) is 25.2. The number of rotatable bonds is 6. The minimum absolute atomic E-state index is 0.149. The fourth-order valence-corrected chi connectivity index (χ4v) is 4.61. The Labute approximate surface area is 207 Å². The Balaban J connectivity index is 1.50. The minimum atomic E-state index is -0.402. The lowest BCUT2D eigenvalue weighted by atomic mass is 9.97. The molecule has 10 nitrogen and oxygen atoms in total. The number of para-hydroxylation sites is 3. The molecule has 1 saturated heterocycles. The van der Waals surface area contributed by atoms with Crippen molar-refractivity contribution in [2.45, 2.75) is 26.3 Å². The van der Waals surface area contributed by atoms with Crippen molar-refractivity contribution < 1.29 is 14.3 Å². The number of esters is 1. The number of carbonyl (C=O) groups is 2. The Morgan fingerprint density at radius 1 is 1.06 bits per heavy atom. The SMILES string of the molecule is CCOC(=O)C1CCN(c2nc3ccccc3n3c(=O)n(CC(=O)N(C)c4ccccc4)nc23)CC1. The van der Waals surface area contributed by atoms with E-state index in [0.717, 1.165) is 5.69 Å². The van der Waals surface area contributed by atoms with Gasteiger partial charge in [0.2, 0.25) is 11.6 Å². The van der Waals surface area contributed by atoms with Crippen LogP contribution in [0.2, 0.25) is 0 Å². The maximum atomic E-state index is 13.5. The molecule has 0 bridgehead atoms. The molecule has 3 heterocycles. The topological polar surface area (TPSA) is 102 Å². The quantitative estimate of drug-likeness (QED) is 0.384. The Kier molecular flexibility index (Phi) is 6.41. The number of hydrogen-bond donors (Lipinski definition) is 0. The fourth-order valence-electron chi connectivity index (χ4n) is 4.61. The molecule has 1 aliphatic heterocycles. The van der Waals surface area contributed by atoms with Crippen molar-refractivity contribution in [1.82, 2.24) is 19.2 Å². The number of hydrogen-bond acceptors (Lipinski definition) is 7. The average molecular weight is 489 g/mol. The number of carbonyl (C=O) groups excluding carboxylic acids is 2. The minimum Gasteiger partial charge on any atom is -0.466 e. The lowest BCUT2D eigenvalue weighted by molar-refractivity contribution is -0.148. The van der Waals surface area contributed by atoms with E-state index in [0.29, 0.717) is 55.0 Å². The molecule has 0 atom stereocenters. The van der Waals surface area contributed by atoms with Crippen LogP contribution < -0.4 is 15.5 Å². The molecule has 0 N–H and O–H groups in total. The maximum Gasteiger partial charge on any atom is 0.351 e. The van der Waals surface area contributed by atoms with Crippen molar-refractivity contribution in [3.63, 3.8) is 0 Å². The lowest BCUT2D eigenvalue weighted by Crippen LogP contribution is -2.37. The molecule has 10 heteroatoms. The summed E-state index contributed by atoms with van der Waals surface area (Å²) in [6, 6.07) is 16.6. The smallest absolute Gasteiger partial charge is 0.351 e. The van der Waals surface area contributed by atoms with Crippen LogP contribution in [0.3, 0.4) is 0 Å². The summed E-state index contributed by atoms with van der Waals surface area (Å²) < 4.78 is 7.90. The van der Waals surface area contributed by atoms with Crippen LogP contribution in [-0.2, 0) is 20.9 Å². The first kappa shape index (κ1) is 23.5. The van der Waals surface area contributed by atoms with Crippen molar-refractivity contribution >= 4 is 40.1 Å². The van der Waals surface area contributed by atoms with E-state index in [9.17, 15) is 14.4 Å². The first-order valence-electron chi connectivity index (χ1n) is 12.1. The van der Waals surface area contributed by atoms with Gasteiger partial charge in [-0.3, -0.25) is 9.59 Å². The van der Waals surface area contributed by atoms with Crippen LogP contribution in [0.5, 0.6) is 0 Å². The predicted molar refractivity (Wildman–Crippen MR) is 136 cm³/mol. The molecule has 0 radical (unpaired) electrons. The van der Waals surface area contributed by atoms with Gasteiger partial charge in [0.1, 0.15) is 6.54 Å². The summed E-state index contributed by atoms with van der Waals surface area (Å²) >= 11 is 0. The number of benzene rings is 2. The summed E-state index contributed by atoms with van der Waals surface area (Å²) in [5.41, 5.74) is 2.00. The van der Waals surface area contributed by atoms with Crippen molar-refractivity contribution in [2.24, 2.45) is 5.92 Å². The predicted octanol–water partition coefficient (Wildman–Crippen LogP) is 2.49. The average Bonchev–Trinajstić information content (AvgIpc) is 3.24. The fraction of sp³-hybridized carbons (Fsp3) is 0.346. The van der Waals surface area contributed by atoms with Crippen LogP contribution in [0.25, 0.3) is 16.7 Å². The summed E-state index contributed by atoms with van der Waals surface area (Å²) in [7, 11) is 1.68. The van der Waals surface area contributed by atoms with Crippen LogP contribution in [0.1, 0.15) is 19.8 Å². The van der Waals surface area contributed by atoms with Gasteiger partial charge in [-0.15, -0.1) is 5.10 Å². The van der Waals surface area contributed by atoms with E-state index in [1.165, 1.54) is 14.0 Å². The van der Waals surface area contributed by atoms with Gasteiger partial charge in [-0.1, -0.05) is 30.3 Å². The molecule has 1 aliphatic rings. The molecule has 1 fully saturated rings. The van der Waals surface area contributed by atoms with E-state index in [4.69, 9.17) is 9.72 Å². The second-order valence-corrected chi connectivity index (χ2v) is 8.83. The summed E-state index contributed by atoms with van der Waals surface area (Å²) in [4.78, 5) is 47.0. The number of ether oxygens (including phenoxy) is 1. The highest BCUT2D eigenvalue weighted by Gasteiger charge is 2.29. The van der Waals surface area contributed by atoms with Gasteiger partial charge in [0.05, 0.1) is 23.6 Å². The number of amides is 1. The van der Waals surface area contributed by atoms with E-state index in [1.807, 2.05) is 59.5 Å². The van der Waals surface area contributed by atoms with Crippen molar-refractivity contribution in [1.29, 1.82) is 0 Å². The second-order valence-electron chi connectivity index (χ2n) is 8.83. The second kappa shape index (κ2) is 9.80. The van der Waals surface area contributed by atoms with Crippen molar-refractivity contribution in [2.75, 3.05) is 36.5 Å². The van der Waals surface area contributed by atoms with E-state index >= 15 is 0 Å². The molecule has 186 valence electrons. The largest absolute Gasteiger partial charge is 0.466 e. The Bertz CT molecular complexity index is 1470. The molecule has 5 rings (SSSR count). The number of aromatic nitrogens is 4. The summed E-state index contributed by atoms with van der Waals surface area (Å²) in [6.45, 7) is 3.14. The lowest BCUT2D eigenvalue weighted by Gasteiger charge is -2.31. The molecule has 0 saturated carbocycles. The number of likely N-dealkylation sites (N-methyl/N-ethyl adjacent to an activating group) is 1. The van der Waals surface area contributed by atoms with Gasteiger partial charge in [-0.25, -0.2) is 18.9 Å². The van der Waals surface area contributed by atoms with Gasteiger partial charge in [0, 0.05) is 25.8 Å². The third-order valence-corrected chi connectivity index (χ3v) is 6.61. The van der Waals surface area contributed by atoms with E-state index in [2.05, 4.69) is 5.10 Å². The van der Waals surface area contributed by atoms with Crippen LogP contribution in [0.4, 0.5) is 11.5 Å². The molecule has 1 amide bonds. The van der Waals surface area contributed by atoms with E-state index in [-0.39, 0.29) is 24.3 Å². The first-order chi connectivity index (χ1) is 17.5. The number of fused-ring (bicyclic) bond motifs is 3. The number of nitrogens with zero attached hydrogens (tertiary/aromatic N) is 6. The maximum absolute atomic E-state index is 13.5. The number of anilines is 2. The zero-order valence-electron chi connectivity index (χ0n) is 20.3. The van der Waals surface area contributed by atoms with Gasteiger partial charge in [0.15, 0.2) is 5.82 Å². The Hall–Kier alpha value is -4.21. The number of piperidine rings is 1. The summed E-state index contributed by atoms with van der Waals surface area (Å²) in [5, 5.41) is 4.56.